The summed E-state index contributed by atoms with van der Waals surface area (Å²) in [5.41, 5.74) is 6.71. The molecule has 2 N–H and O–H groups in total. The van der Waals surface area contributed by atoms with Gasteiger partial charge >= 0.3 is 0 Å². The van der Waals surface area contributed by atoms with Crippen LogP contribution >= 0.6 is 27.3 Å². The fourth-order valence-electron chi connectivity index (χ4n) is 0.734. The van der Waals surface area contributed by atoms with Gasteiger partial charge in [0, 0.05) is 6.04 Å². The smallest absolute Gasteiger partial charge is 0.0701 e. The molecule has 1 heterocycles. The first kappa shape index (κ1) is 8.72. The molecule has 1 rings (SSSR count). The molecule has 0 radical (unpaired) electrons. The average Bonchev–Trinajstić information content (AvgIpc) is 2.36. The Balaban J connectivity index is 2.70. The van der Waals surface area contributed by atoms with Crippen molar-refractivity contribution in [2.24, 2.45) is 5.73 Å². The lowest BCUT2D eigenvalue weighted by molar-refractivity contribution is 0.752. The summed E-state index contributed by atoms with van der Waals surface area (Å²) in [5, 5.41) is 10.3. The number of nitriles is 1. The van der Waals surface area contributed by atoms with Crippen molar-refractivity contribution >= 4 is 27.3 Å². The van der Waals surface area contributed by atoms with Gasteiger partial charge in [-0.05, 0) is 32.9 Å². The first-order valence-electron chi connectivity index (χ1n) is 3.10. The molecule has 58 valence electrons. The zero-order valence-corrected chi connectivity index (χ0v) is 8.15. The molecule has 4 heteroatoms. The van der Waals surface area contributed by atoms with Gasteiger partial charge in [0.25, 0.3) is 0 Å². The van der Waals surface area contributed by atoms with Crippen molar-refractivity contribution in [3.8, 4) is 6.07 Å². The average molecular weight is 231 g/mol. The second-order valence-electron chi connectivity index (χ2n) is 2.15. The van der Waals surface area contributed by atoms with Gasteiger partial charge in [-0.1, -0.05) is 0 Å². The maximum absolute atomic E-state index is 8.37. The van der Waals surface area contributed by atoms with Gasteiger partial charge in [0.05, 0.1) is 16.3 Å². The molecule has 1 atom stereocenters. The highest BCUT2D eigenvalue weighted by Gasteiger charge is 2.06. The molecule has 0 aliphatic heterocycles. The van der Waals surface area contributed by atoms with Crippen LogP contribution in [0.1, 0.15) is 18.0 Å². The first-order valence-corrected chi connectivity index (χ1v) is 4.77. The molecule has 1 unspecified atom stereocenters. The molecule has 1 aromatic rings. The van der Waals surface area contributed by atoms with E-state index in [2.05, 4.69) is 15.9 Å². The van der Waals surface area contributed by atoms with E-state index in [1.54, 1.807) is 11.3 Å². The number of nitrogens with two attached hydrogens (primary N) is 1. The van der Waals surface area contributed by atoms with Crippen molar-refractivity contribution in [2.45, 2.75) is 12.5 Å². The molecule has 1 aromatic heterocycles. The minimum atomic E-state index is -0.137. The number of hydrogen-bond acceptors (Lipinski definition) is 3. The summed E-state index contributed by atoms with van der Waals surface area (Å²) in [6.45, 7) is 0. The van der Waals surface area contributed by atoms with E-state index in [1.165, 1.54) is 0 Å². The highest BCUT2D eigenvalue weighted by Crippen LogP contribution is 2.25. The second-order valence-corrected chi connectivity index (χ2v) is 4.44. The van der Waals surface area contributed by atoms with Crippen LogP contribution in [-0.4, -0.2) is 0 Å². The maximum atomic E-state index is 8.37. The highest BCUT2D eigenvalue weighted by atomic mass is 79.9. The molecule has 0 fully saturated rings. The molecular weight excluding hydrogens is 224 g/mol. The summed E-state index contributed by atoms with van der Waals surface area (Å²) in [4.78, 5) is 0. The SMILES string of the molecule is N#CCC(N)c1csc(Br)c1. The number of halogens is 1. The Hall–Kier alpha value is -0.370. The van der Waals surface area contributed by atoms with Crippen molar-refractivity contribution in [2.75, 3.05) is 0 Å². The van der Waals surface area contributed by atoms with Crippen LogP contribution in [0, 0.1) is 11.3 Å². The standard InChI is InChI=1S/C7H7BrN2S/c8-7-3-5(4-11-7)6(10)1-2-9/h3-4,6H,1,10H2. The van der Waals surface area contributed by atoms with Crippen LogP contribution in [0.25, 0.3) is 0 Å². The molecule has 0 spiro atoms. The van der Waals surface area contributed by atoms with Crippen LogP contribution < -0.4 is 5.73 Å². The van der Waals surface area contributed by atoms with E-state index in [0.29, 0.717) is 6.42 Å². The number of nitrogens with zero attached hydrogens (tertiary/aromatic N) is 1. The van der Waals surface area contributed by atoms with Gasteiger partial charge in [0.1, 0.15) is 0 Å². The third kappa shape index (κ3) is 2.29. The topological polar surface area (TPSA) is 49.8 Å². The Bertz CT molecular complexity index is 276. The van der Waals surface area contributed by atoms with Crippen molar-refractivity contribution in [3.05, 3.63) is 20.8 Å². The Morgan fingerprint density at radius 1 is 1.82 bits per heavy atom. The molecule has 11 heavy (non-hydrogen) atoms. The Kier molecular flexibility index (Phi) is 3.06. The summed E-state index contributed by atoms with van der Waals surface area (Å²) in [7, 11) is 0. The predicted octanol–water partition coefficient (Wildman–Crippen LogP) is 2.42. The van der Waals surface area contributed by atoms with E-state index in [4.69, 9.17) is 11.0 Å². The van der Waals surface area contributed by atoms with Gasteiger partial charge in [-0.15, -0.1) is 11.3 Å². The minimum Gasteiger partial charge on any atom is -0.323 e. The quantitative estimate of drug-likeness (QED) is 0.849. The van der Waals surface area contributed by atoms with Crippen LogP contribution in [-0.2, 0) is 0 Å². The molecule has 0 aliphatic rings. The van der Waals surface area contributed by atoms with Gasteiger partial charge in [-0.3, -0.25) is 0 Å². The fourth-order valence-corrected chi connectivity index (χ4v) is 1.97. The van der Waals surface area contributed by atoms with E-state index in [-0.39, 0.29) is 6.04 Å². The predicted molar refractivity (Wildman–Crippen MR) is 49.2 cm³/mol. The molecule has 0 aromatic carbocycles. The van der Waals surface area contributed by atoms with Crippen molar-refractivity contribution in [3.63, 3.8) is 0 Å². The van der Waals surface area contributed by atoms with Crippen LogP contribution in [0.15, 0.2) is 15.2 Å². The first-order chi connectivity index (χ1) is 5.24. The van der Waals surface area contributed by atoms with Crippen LogP contribution in [0.2, 0.25) is 0 Å². The lowest BCUT2D eigenvalue weighted by Gasteiger charge is -2.01. The third-order valence-corrected chi connectivity index (χ3v) is 2.85. The Morgan fingerprint density at radius 2 is 2.55 bits per heavy atom. The number of rotatable bonds is 2. The van der Waals surface area contributed by atoms with Gasteiger partial charge in [-0.2, -0.15) is 5.26 Å². The maximum Gasteiger partial charge on any atom is 0.0701 e. The molecule has 0 saturated heterocycles. The van der Waals surface area contributed by atoms with Crippen molar-refractivity contribution in [1.29, 1.82) is 5.26 Å². The van der Waals surface area contributed by atoms with Gasteiger partial charge in [-0.25, -0.2) is 0 Å². The second kappa shape index (κ2) is 3.86. The summed E-state index contributed by atoms with van der Waals surface area (Å²) in [6.07, 6.45) is 0.378. The van der Waals surface area contributed by atoms with E-state index >= 15 is 0 Å². The van der Waals surface area contributed by atoms with Gasteiger partial charge in [0.15, 0.2) is 0 Å². The number of hydrogen-bond donors (Lipinski definition) is 1. The lowest BCUT2D eigenvalue weighted by Crippen LogP contribution is -2.07. The Morgan fingerprint density at radius 3 is 3.00 bits per heavy atom. The van der Waals surface area contributed by atoms with E-state index in [9.17, 15) is 0 Å². The summed E-state index contributed by atoms with van der Waals surface area (Å²) >= 11 is 4.92. The van der Waals surface area contributed by atoms with E-state index < -0.39 is 0 Å². The summed E-state index contributed by atoms with van der Waals surface area (Å²) in [5.74, 6) is 0. The molecule has 0 saturated carbocycles. The van der Waals surface area contributed by atoms with Gasteiger partial charge in [0.2, 0.25) is 0 Å². The van der Waals surface area contributed by atoms with E-state index in [0.717, 1.165) is 9.35 Å². The molecule has 0 bridgehead atoms. The number of thiophene rings is 1. The molecular formula is C7H7BrN2S. The van der Waals surface area contributed by atoms with Crippen LogP contribution in [0.5, 0.6) is 0 Å². The fraction of sp³-hybridized carbons (Fsp3) is 0.286. The van der Waals surface area contributed by atoms with E-state index in [1.807, 2.05) is 17.5 Å². The summed E-state index contributed by atoms with van der Waals surface area (Å²) < 4.78 is 1.06. The summed E-state index contributed by atoms with van der Waals surface area (Å²) in [6, 6.07) is 3.85. The zero-order chi connectivity index (χ0) is 8.27. The normalized spacial score (nSPS) is 12.5. The third-order valence-electron chi connectivity index (χ3n) is 1.33. The molecule has 0 aliphatic carbocycles. The molecule has 2 nitrogen and oxygen atoms in total. The molecule has 0 amide bonds. The lowest BCUT2D eigenvalue weighted by atomic mass is 10.1. The van der Waals surface area contributed by atoms with Crippen LogP contribution in [0.3, 0.4) is 0 Å². The Labute approximate surface area is 77.8 Å². The van der Waals surface area contributed by atoms with Gasteiger partial charge < -0.3 is 5.73 Å². The van der Waals surface area contributed by atoms with Crippen molar-refractivity contribution < 1.29 is 0 Å². The largest absolute Gasteiger partial charge is 0.323 e. The zero-order valence-electron chi connectivity index (χ0n) is 5.75. The highest BCUT2D eigenvalue weighted by molar-refractivity contribution is 9.11. The van der Waals surface area contributed by atoms with Crippen LogP contribution in [0.4, 0.5) is 0 Å². The monoisotopic (exact) mass is 230 g/mol. The van der Waals surface area contributed by atoms with Crippen molar-refractivity contribution in [1.82, 2.24) is 0 Å². The minimum absolute atomic E-state index is 0.137.